The lowest BCUT2D eigenvalue weighted by atomic mass is 9.99. The van der Waals surface area contributed by atoms with E-state index >= 15 is 0 Å². The average molecular weight is 530 g/mol. The summed E-state index contributed by atoms with van der Waals surface area (Å²) in [7, 11) is -3.09. The molecular weight excluding hydrogens is 499 g/mol. The molecule has 2 aliphatic heterocycles. The van der Waals surface area contributed by atoms with E-state index in [4.69, 9.17) is 4.74 Å². The Bertz CT molecular complexity index is 1270. The number of benzene rings is 2. The van der Waals surface area contributed by atoms with Crippen LogP contribution in [0.3, 0.4) is 0 Å². The zero-order valence-corrected chi connectivity index (χ0v) is 22.6. The van der Waals surface area contributed by atoms with Gasteiger partial charge in [0.2, 0.25) is 10.0 Å². The Labute approximate surface area is 216 Å². The minimum Gasteiger partial charge on any atom is -0.492 e. The van der Waals surface area contributed by atoms with Crippen molar-refractivity contribution in [2.24, 2.45) is 5.92 Å². The van der Waals surface area contributed by atoms with E-state index in [2.05, 4.69) is 52.5 Å². The zero-order chi connectivity index (χ0) is 24.4. The van der Waals surface area contributed by atoms with Gasteiger partial charge in [0.15, 0.2) is 0 Å². The molecule has 6 nitrogen and oxygen atoms in total. The minimum atomic E-state index is -3.09. The van der Waals surface area contributed by atoms with E-state index in [9.17, 15) is 8.42 Å². The molecular formula is C26H31N3O3S3. The largest absolute Gasteiger partial charge is 0.492 e. The van der Waals surface area contributed by atoms with Crippen molar-refractivity contribution in [3.63, 3.8) is 0 Å². The summed E-state index contributed by atoms with van der Waals surface area (Å²) in [6.45, 7) is 4.64. The summed E-state index contributed by atoms with van der Waals surface area (Å²) in [5, 5.41) is 0. The first-order valence-electron chi connectivity index (χ1n) is 11.9. The Morgan fingerprint density at radius 2 is 1.91 bits per heavy atom. The number of hydrogen-bond donors (Lipinski definition) is 0. The SMILES string of the molecule is CSc1cc(CN2Cc3ccc(-c4cncs4)cc3C2)ccc1OCC1CCN(S(C)(=O)=O)CC1. The summed E-state index contributed by atoms with van der Waals surface area (Å²) in [5.41, 5.74) is 7.24. The third-order valence-electron chi connectivity index (χ3n) is 6.86. The predicted octanol–water partition coefficient (Wildman–Crippen LogP) is 5.10. The van der Waals surface area contributed by atoms with E-state index in [0.717, 1.165) is 43.1 Å². The summed E-state index contributed by atoms with van der Waals surface area (Å²) in [5.74, 6) is 1.31. The van der Waals surface area contributed by atoms with Crippen molar-refractivity contribution in [2.75, 3.05) is 32.2 Å². The number of sulfonamides is 1. The van der Waals surface area contributed by atoms with Crippen molar-refractivity contribution in [2.45, 2.75) is 37.4 Å². The quantitative estimate of drug-likeness (QED) is 0.379. The molecule has 1 saturated heterocycles. The zero-order valence-electron chi connectivity index (χ0n) is 20.1. The molecule has 1 fully saturated rings. The van der Waals surface area contributed by atoms with E-state index < -0.39 is 10.0 Å². The molecule has 0 unspecified atom stereocenters. The van der Waals surface area contributed by atoms with Crippen LogP contribution >= 0.6 is 23.1 Å². The third-order valence-corrected chi connectivity index (χ3v) is 9.75. The maximum Gasteiger partial charge on any atom is 0.211 e. The number of thiazole rings is 1. The number of aromatic nitrogens is 1. The Kier molecular flexibility index (Phi) is 7.50. The summed E-state index contributed by atoms with van der Waals surface area (Å²) < 4.78 is 31.2. The van der Waals surface area contributed by atoms with Gasteiger partial charge in [-0.05, 0) is 65.5 Å². The Morgan fingerprint density at radius 1 is 1.11 bits per heavy atom. The van der Waals surface area contributed by atoms with Crippen LogP contribution in [0.5, 0.6) is 5.75 Å². The first-order chi connectivity index (χ1) is 16.9. The van der Waals surface area contributed by atoms with Gasteiger partial charge in [0.1, 0.15) is 5.75 Å². The molecule has 2 aromatic carbocycles. The van der Waals surface area contributed by atoms with Gasteiger partial charge in [-0.2, -0.15) is 0 Å². The van der Waals surface area contributed by atoms with Gasteiger partial charge in [0.25, 0.3) is 0 Å². The van der Waals surface area contributed by atoms with Crippen LogP contribution in [-0.2, 0) is 29.7 Å². The van der Waals surface area contributed by atoms with Gasteiger partial charge in [-0.15, -0.1) is 23.1 Å². The predicted molar refractivity (Wildman–Crippen MR) is 143 cm³/mol. The van der Waals surface area contributed by atoms with Crippen LogP contribution in [0.25, 0.3) is 10.4 Å². The molecule has 0 saturated carbocycles. The highest BCUT2D eigenvalue weighted by molar-refractivity contribution is 7.98. The van der Waals surface area contributed by atoms with Gasteiger partial charge < -0.3 is 4.74 Å². The lowest BCUT2D eigenvalue weighted by Crippen LogP contribution is -2.39. The van der Waals surface area contributed by atoms with Crippen LogP contribution in [0.2, 0.25) is 0 Å². The van der Waals surface area contributed by atoms with Crippen LogP contribution in [0.4, 0.5) is 0 Å². The highest BCUT2D eigenvalue weighted by Gasteiger charge is 2.25. The van der Waals surface area contributed by atoms with Gasteiger partial charge in [-0.1, -0.05) is 18.2 Å². The molecule has 5 rings (SSSR count). The van der Waals surface area contributed by atoms with Crippen LogP contribution < -0.4 is 4.74 Å². The fraction of sp³-hybridized carbons (Fsp3) is 0.423. The molecule has 3 heterocycles. The highest BCUT2D eigenvalue weighted by Crippen LogP contribution is 2.33. The second-order valence-corrected chi connectivity index (χ2v) is 13.1. The van der Waals surface area contributed by atoms with E-state index in [-0.39, 0.29) is 0 Å². The van der Waals surface area contributed by atoms with Gasteiger partial charge >= 0.3 is 0 Å². The van der Waals surface area contributed by atoms with Crippen LogP contribution in [0.1, 0.15) is 29.5 Å². The van der Waals surface area contributed by atoms with Gasteiger partial charge in [0.05, 0.1) is 23.3 Å². The first kappa shape index (κ1) is 24.8. The number of rotatable bonds is 8. The van der Waals surface area contributed by atoms with Crippen molar-refractivity contribution in [1.29, 1.82) is 0 Å². The molecule has 0 N–H and O–H groups in total. The average Bonchev–Trinajstić information content (AvgIpc) is 3.52. The van der Waals surface area contributed by atoms with Crippen molar-refractivity contribution in [3.05, 3.63) is 64.8 Å². The second-order valence-electron chi connectivity index (χ2n) is 9.40. The molecule has 0 bridgehead atoms. The molecule has 186 valence electrons. The standard InChI is InChI=1S/C26H31N3O3S3/c1-33-25-11-20(3-6-24(25)32-17-19-7-9-29(10-8-19)35(2,30)31)14-28-15-22-5-4-21(12-23(22)16-28)26-13-27-18-34-26/h3-6,11-13,18-19H,7-10,14-17H2,1-2H3. The van der Waals surface area contributed by atoms with Crippen molar-refractivity contribution in [1.82, 2.24) is 14.2 Å². The smallest absolute Gasteiger partial charge is 0.211 e. The summed E-state index contributed by atoms with van der Waals surface area (Å²) >= 11 is 3.39. The van der Waals surface area contributed by atoms with Crippen molar-refractivity contribution >= 4 is 33.1 Å². The van der Waals surface area contributed by atoms with Gasteiger partial charge in [0, 0.05) is 43.8 Å². The molecule has 0 atom stereocenters. The van der Waals surface area contributed by atoms with Crippen LogP contribution in [0.15, 0.2) is 53.0 Å². The number of nitrogens with zero attached hydrogens (tertiary/aromatic N) is 3. The number of piperidine rings is 1. The molecule has 3 aromatic rings. The minimum absolute atomic E-state index is 0.389. The molecule has 35 heavy (non-hydrogen) atoms. The monoisotopic (exact) mass is 529 g/mol. The summed E-state index contributed by atoms with van der Waals surface area (Å²) in [4.78, 5) is 9.06. The van der Waals surface area contributed by atoms with Crippen LogP contribution in [-0.4, -0.2) is 54.8 Å². The number of thioether (sulfide) groups is 1. The highest BCUT2D eigenvalue weighted by atomic mass is 32.2. The normalized spacial score (nSPS) is 17.5. The topological polar surface area (TPSA) is 62.7 Å². The molecule has 0 aliphatic carbocycles. The first-order valence-corrected chi connectivity index (χ1v) is 15.8. The Balaban J connectivity index is 1.17. The lowest BCUT2D eigenvalue weighted by Gasteiger charge is -2.30. The van der Waals surface area contributed by atoms with Gasteiger partial charge in [-0.3, -0.25) is 9.88 Å². The second kappa shape index (κ2) is 10.6. The maximum absolute atomic E-state index is 11.7. The van der Waals surface area contributed by atoms with E-state index in [1.807, 2.05) is 11.7 Å². The molecule has 0 spiro atoms. The number of ether oxygens (including phenoxy) is 1. The Morgan fingerprint density at radius 3 is 2.63 bits per heavy atom. The summed E-state index contributed by atoms with van der Waals surface area (Å²) in [6.07, 6.45) is 7.01. The van der Waals surface area contributed by atoms with E-state index in [0.29, 0.717) is 25.6 Å². The third kappa shape index (κ3) is 5.91. The number of fused-ring (bicyclic) bond motifs is 1. The van der Waals surface area contributed by atoms with Crippen LogP contribution in [0, 0.1) is 5.92 Å². The van der Waals surface area contributed by atoms with E-state index in [1.165, 1.54) is 33.4 Å². The molecule has 9 heteroatoms. The fourth-order valence-corrected chi connectivity index (χ4v) is 6.98. The Hall–Kier alpha value is -1.91. The molecule has 0 radical (unpaired) electrons. The van der Waals surface area contributed by atoms with Crippen molar-refractivity contribution in [3.8, 4) is 16.2 Å². The number of hydrogen-bond acceptors (Lipinski definition) is 7. The lowest BCUT2D eigenvalue weighted by molar-refractivity contribution is 0.183. The maximum atomic E-state index is 11.7. The molecule has 2 aliphatic rings. The molecule has 1 aromatic heterocycles. The fourth-order valence-electron chi connectivity index (χ4n) is 4.89. The summed E-state index contributed by atoms with van der Waals surface area (Å²) in [6, 6.07) is 13.3. The van der Waals surface area contributed by atoms with Gasteiger partial charge in [-0.25, -0.2) is 12.7 Å². The molecule has 0 amide bonds. The van der Waals surface area contributed by atoms with E-state index in [1.54, 1.807) is 27.4 Å². The van der Waals surface area contributed by atoms with Crippen molar-refractivity contribution < 1.29 is 13.2 Å².